The fraction of sp³-hybridized carbons (Fsp3) is 0.286. The van der Waals surface area contributed by atoms with Crippen LogP contribution in [0.5, 0.6) is 0 Å². The molecule has 0 saturated carbocycles. The Morgan fingerprint density at radius 2 is 2.11 bits per heavy atom. The van der Waals surface area contributed by atoms with Gasteiger partial charge in [-0.3, -0.25) is 4.79 Å². The van der Waals surface area contributed by atoms with Gasteiger partial charge in [0.2, 0.25) is 0 Å². The molecule has 4 nitrogen and oxygen atoms in total. The van der Waals surface area contributed by atoms with E-state index in [-0.39, 0.29) is 12.4 Å². The van der Waals surface area contributed by atoms with E-state index in [1.165, 1.54) is 11.3 Å². The fourth-order valence-electron chi connectivity index (χ4n) is 1.66. The molecule has 0 unspecified atom stereocenters. The molecule has 5 heteroatoms. The normalized spacial score (nSPS) is 10.4. The van der Waals surface area contributed by atoms with Gasteiger partial charge in [0.1, 0.15) is 5.01 Å². The van der Waals surface area contributed by atoms with E-state index in [4.69, 9.17) is 10.5 Å². The summed E-state index contributed by atoms with van der Waals surface area (Å²) in [4.78, 5) is 15.8. The summed E-state index contributed by atoms with van der Waals surface area (Å²) < 4.78 is 4.90. The van der Waals surface area contributed by atoms with Crippen molar-refractivity contribution < 1.29 is 9.53 Å². The average molecular weight is 276 g/mol. The maximum atomic E-state index is 11.4. The SMILES string of the molecule is CCOC(=O)Cc1csc(-c2ccc(CN)cc2)n1. The molecule has 0 fully saturated rings. The Kier molecular flexibility index (Phi) is 4.65. The van der Waals surface area contributed by atoms with Gasteiger partial charge in [0.05, 0.1) is 18.7 Å². The van der Waals surface area contributed by atoms with Gasteiger partial charge in [-0.2, -0.15) is 0 Å². The van der Waals surface area contributed by atoms with Crippen LogP contribution in [0.25, 0.3) is 10.6 Å². The summed E-state index contributed by atoms with van der Waals surface area (Å²) in [5.41, 5.74) is 8.44. The van der Waals surface area contributed by atoms with Crippen molar-refractivity contribution in [2.75, 3.05) is 6.61 Å². The number of hydrogen-bond donors (Lipinski definition) is 1. The number of carbonyl (C=O) groups excluding carboxylic acids is 1. The Hall–Kier alpha value is -1.72. The summed E-state index contributed by atoms with van der Waals surface area (Å²) >= 11 is 1.53. The van der Waals surface area contributed by atoms with E-state index in [9.17, 15) is 4.79 Å². The standard InChI is InChI=1S/C14H16N2O2S/c1-2-18-13(17)7-12-9-19-14(16-12)11-5-3-10(8-15)4-6-11/h3-6,9H,2,7-8,15H2,1H3. The van der Waals surface area contributed by atoms with Gasteiger partial charge < -0.3 is 10.5 Å². The van der Waals surface area contributed by atoms with Crippen molar-refractivity contribution in [3.05, 3.63) is 40.9 Å². The van der Waals surface area contributed by atoms with E-state index in [0.717, 1.165) is 21.8 Å². The first kappa shape index (κ1) is 13.7. The lowest BCUT2D eigenvalue weighted by Gasteiger charge is -1.99. The maximum absolute atomic E-state index is 11.4. The Bertz CT molecular complexity index is 549. The highest BCUT2D eigenvalue weighted by Crippen LogP contribution is 2.24. The second kappa shape index (κ2) is 6.45. The number of carbonyl (C=O) groups is 1. The summed E-state index contributed by atoms with van der Waals surface area (Å²) in [5.74, 6) is -0.238. The number of benzene rings is 1. The molecule has 1 aromatic heterocycles. The van der Waals surface area contributed by atoms with E-state index in [1.54, 1.807) is 6.92 Å². The van der Waals surface area contributed by atoms with Gasteiger partial charge in [0.15, 0.2) is 0 Å². The number of rotatable bonds is 5. The number of nitrogens with zero attached hydrogens (tertiary/aromatic N) is 1. The van der Waals surface area contributed by atoms with Crippen molar-refractivity contribution in [3.63, 3.8) is 0 Å². The van der Waals surface area contributed by atoms with E-state index in [0.29, 0.717) is 13.2 Å². The van der Waals surface area contributed by atoms with Crippen molar-refractivity contribution in [1.82, 2.24) is 4.98 Å². The second-order valence-electron chi connectivity index (χ2n) is 4.03. The highest BCUT2D eigenvalue weighted by molar-refractivity contribution is 7.13. The smallest absolute Gasteiger partial charge is 0.311 e. The average Bonchev–Trinajstić information content (AvgIpc) is 2.87. The quantitative estimate of drug-likeness (QED) is 0.851. The Balaban J connectivity index is 2.09. The molecule has 1 aromatic carbocycles. The molecule has 0 saturated heterocycles. The van der Waals surface area contributed by atoms with Crippen LogP contribution < -0.4 is 5.73 Å². The van der Waals surface area contributed by atoms with Crippen LogP contribution in [0.4, 0.5) is 0 Å². The molecule has 19 heavy (non-hydrogen) atoms. The lowest BCUT2D eigenvalue weighted by atomic mass is 10.1. The Morgan fingerprint density at radius 1 is 1.37 bits per heavy atom. The highest BCUT2D eigenvalue weighted by atomic mass is 32.1. The van der Waals surface area contributed by atoms with Crippen molar-refractivity contribution in [2.45, 2.75) is 19.9 Å². The summed E-state index contributed by atoms with van der Waals surface area (Å²) in [6, 6.07) is 7.97. The molecule has 1 heterocycles. The Labute approximate surface area is 116 Å². The van der Waals surface area contributed by atoms with Crippen molar-refractivity contribution in [1.29, 1.82) is 0 Å². The lowest BCUT2D eigenvalue weighted by molar-refractivity contribution is -0.142. The molecule has 0 radical (unpaired) electrons. The third-order valence-corrected chi connectivity index (χ3v) is 3.56. The molecule has 0 atom stereocenters. The third-order valence-electron chi connectivity index (χ3n) is 2.62. The first-order valence-electron chi connectivity index (χ1n) is 6.12. The predicted molar refractivity (Wildman–Crippen MR) is 75.8 cm³/mol. The van der Waals surface area contributed by atoms with Crippen LogP contribution >= 0.6 is 11.3 Å². The minimum absolute atomic E-state index is 0.227. The molecule has 2 N–H and O–H groups in total. The molecular formula is C14H16N2O2S. The lowest BCUT2D eigenvalue weighted by Crippen LogP contribution is -2.07. The minimum atomic E-state index is -0.238. The zero-order valence-corrected chi connectivity index (χ0v) is 11.6. The van der Waals surface area contributed by atoms with Gasteiger partial charge in [-0.1, -0.05) is 24.3 Å². The van der Waals surface area contributed by atoms with Crippen molar-refractivity contribution in [3.8, 4) is 10.6 Å². The number of esters is 1. The molecule has 0 aliphatic heterocycles. The number of hydrogen-bond acceptors (Lipinski definition) is 5. The monoisotopic (exact) mass is 276 g/mol. The topological polar surface area (TPSA) is 65.2 Å². The van der Waals surface area contributed by atoms with Crippen LogP contribution in [0.1, 0.15) is 18.2 Å². The second-order valence-corrected chi connectivity index (χ2v) is 4.88. The summed E-state index contributed by atoms with van der Waals surface area (Å²) in [7, 11) is 0. The fourth-order valence-corrected chi connectivity index (χ4v) is 2.49. The van der Waals surface area contributed by atoms with Crippen molar-refractivity contribution in [2.24, 2.45) is 5.73 Å². The maximum Gasteiger partial charge on any atom is 0.311 e. The van der Waals surface area contributed by atoms with Gasteiger partial charge >= 0.3 is 5.97 Å². The molecule has 2 rings (SSSR count). The zero-order valence-electron chi connectivity index (χ0n) is 10.8. The third kappa shape index (κ3) is 3.62. The van der Waals surface area contributed by atoms with Crippen LogP contribution in [0.3, 0.4) is 0 Å². The minimum Gasteiger partial charge on any atom is -0.466 e. The van der Waals surface area contributed by atoms with Crippen LogP contribution in [0.2, 0.25) is 0 Å². The molecule has 0 amide bonds. The summed E-state index contributed by atoms with van der Waals surface area (Å²) in [6.45, 7) is 2.73. The van der Waals surface area contributed by atoms with Crippen molar-refractivity contribution >= 4 is 17.3 Å². The predicted octanol–water partition coefficient (Wildman–Crippen LogP) is 2.37. The number of thiazole rings is 1. The van der Waals surface area contributed by atoms with Crippen LogP contribution in [-0.4, -0.2) is 17.6 Å². The highest BCUT2D eigenvalue weighted by Gasteiger charge is 2.09. The molecule has 100 valence electrons. The van der Waals surface area contributed by atoms with Gasteiger partial charge in [-0.25, -0.2) is 4.98 Å². The van der Waals surface area contributed by atoms with E-state index < -0.39 is 0 Å². The van der Waals surface area contributed by atoms with E-state index in [1.807, 2.05) is 29.6 Å². The molecular weight excluding hydrogens is 260 g/mol. The molecule has 0 spiro atoms. The van der Waals surface area contributed by atoms with Gasteiger partial charge in [0.25, 0.3) is 0 Å². The molecule has 2 aromatic rings. The molecule has 0 aliphatic carbocycles. The van der Waals surface area contributed by atoms with E-state index in [2.05, 4.69) is 4.98 Å². The molecule has 0 aliphatic rings. The largest absolute Gasteiger partial charge is 0.466 e. The van der Waals surface area contributed by atoms with Gasteiger partial charge in [-0.05, 0) is 12.5 Å². The summed E-state index contributed by atoms with van der Waals surface area (Å²) in [6.07, 6.45) is 0.227. The van der Waals surface area contributed by atoms with Crippen LogP contribution in [-0.2, 0) is 22.5 Å². The van der Waals surface area contributed by atoms with Gasteiger partial charge in [-0.15, -0.1) is 11.3 Å². The summed E-state index contributed by atoms with van der Waals surface area (Å²) in [5, 5.41) is 2.80. The number of aromatic nitrogens is 1. The Morgan fingerprint density at radius 3 is 2.74 bits per heavy atom. The zero-order chi connectivity index (χ0) is 13.7. The molecule has 0 bridgehead atoms. The van der Waals surface area contributed by atoms with Gasteiger partial charge in [0, 0.05) is 17.5 Å². The van der Waals surface area contributed by atoms with E-state index >= 15 is 0 Å². The number of nitrogens with two attached hydrogens (primary N) is 1. The first-order valence-corrected chi connectivity index (χ1v) is 7.00. The van der Waals surface area contributed by atoms with Crippen LogP contribution in [0, 0.1) is 0 Å². The number of ether oxygens (including phenoxy) is 1. The van der Waals surface area contributed by atoms with Crippen LogP contribution in [0.15, 0.2) is 29.6 Å². The first-order chi connectivity index (χ1) is 9.22.